The predicted molar refractivity (Wildman–Crippen MR) is 83.8 cm³/mol. The van der Waals surface area contributed by atoms with Gasteiger partial charge in [0.05, 0.1) is 5.41 Å². The van der Waals surface area contributed by atoms with Crippen LogP contribution >= 0.6 is 0 Å². The van der Waals surface area contributed by atoms with Crippen molar-refractivity contribution in [2.75, 3.05) is 18.0 Å². The van der Waals surface area contributed by atoms with Gasteiger partial charge >= 0.3 is 0 Å². The zero-order valence-corrected chi connectivity index (χ0v) is 12.7. The number of rotatable bonds is 4. The number of benzene rings is 1. The van der Waals surface area contributed by atoms with E-state index in [2.05, 4.69) is 19.1 Å². The van der Waals surface area contributed by atoms with Crippen LogP contribution in [0.25, 0.3) is 0 Å². The summed E-state index contributed by atoms with van der Waals surface area (Å²) >= 11 is 0. The molecule has 1 fully saturated rings. The molecule has 0 spiro atoms. The van der Waals surface area contributed by atoms with Gasteiger partial charge in [-0.25, -0.2) is 0 Å². The first-order valence-electron chi connectivity index (χ1n) is 7.71. The Morgan fingerprint density at radius 1 is 1.20 bits per heavy atom. The summed E-state index contributed by atoms with van der Waals surface area (Å²) in [6.07, 6.45) is 5.34. The topological polar surface area (TPSA) is 46.3 Å². The van der Waals surface area contributed by atoms with Gasteiger partial charge in [0, 0.05) is 18.8 Å². The third-order valence-electron chi connectivity index (χ3n) is 4.56. The fourth-order valence-electron chi connectivity index (χ4n) is 3.19. The van der Waals surface area contributed by atoms with Gasteiger partial charge < -0.3 is 10.6 Å². The summed E-state index contributed by atoms with van der Waals surface area (Å²) < 4.78 is 0. The first-order valence-corrected chi connectivity index (χ1v) is 7.71. The Hall–Kier alpha value is -1.35. The van der Waals surface area contributed by atoms with Gasteiger partial charge in [-0.3, -0.25) is 4.79 Å². The zero-order valence-electron chi connectivity index (χ0n) is 12.7. The molecule has 110 valence electrons. The molecular formula is C17H26N2O. The molecule has 0 radical (unpaired) electrons. The zero-order chi connectivity index (χ0) is 14.6. The third-order valence-corrected chi connectivity index (χ3v) is 4.56. The van der Waals surface area contributed by atoms with Crippen LogP contribution in [0, 0.1) is 12.3 Å². The monoisotopic (exact) mass is 274 g/mol. The molecule has 2 rings (SSSR count). The maximum atomic E-state index is 13.0. The highest BCUT2D eigenvalue weighted by Gasteiger charge is 2.40. The van der Waals surface area contributed by atoms with E-state index < -0.39 is 0 Å². The molecule has 0 atom stereocenters. The lowest BCUT2D eigenvalue weighted by Crippen LogP contribution is -2.49. The van der Waals surface area contributed by atoms with Gasteiger partial charge in [0.15, 0.2) is 0 Å². The van der Waals surface area contributed by atoms with Gasteiger partial charge in [0.2, 0.25) is 5.91 Å². The number of aryl methyl sites for hydroxylation is 1. The van der Waals surface area contributed by atoms with Gasteiger partial charge in [-0.2, -0.15) is 0 Å². The number of carbonyl (C=O) groups is 1. The second-order valence-electron chi connectivity index (χ2n) is 5.93. The Balaban J connectivity index is 2.25. The molecule has 0 aliphatic heterocycles. The SMILES string of the molecule is CCN(C(=O)C1(CN)CCCCC1)c1ccc(C)cc1. The van der Waals surface area contributed by atoms with E-state index in [0.717, 1.165) is 31.4 Å². The number of carbonyl (C=O) groups excluding carboxylic acids is 1. The van der Waals surface area contributed by atoms with Crippen molar-refractivity contribution in [2.24, 2.45) is 11.1 Å². The molecule has 0 unspecified atom stereocenters. The van der Waals surface area contributed by atoms with Crippen LogP contribution in [0.15, 0.2) is 24.3 Å². The number of amides is 1. The quantitative estimate of drug-likeness (QED) is 0.916. The van der Waals surface area contributed by atoms with E-state index in [-0.39, 0.29) is 11.3 Å². The minimum absolute atomic E-state index is 0.214. The van der Waals surface area contributed by atoms with Crippen LogP contribution in [0.5, 0.6) is 0 Å². The van der Waals surface area contributed by atoms with E-state index in [4.69, 9.17) is 5.73 Å². The van der Waals surface area contributed by atoms with Crippen LogP contribution in [0.2, 0.25) is 0 Å². The fraction of sp³-hybridized carbons (Fsp3) is 0.588. The van der Waals surface area contributed by atoms with E-state index in [0.29, 0.717) is 13.1 Å². The van der Waals surface area contributed by atoms with E-state index in [1.54, 1.807) is 0 Å². The highest BCUT2D eigenvalue weighted by molar-refractivity contribution is 5.97. The molecule has 0 heterocycles. The summed E-state index contributed by atoms with van der Waals surface area (Å²) in [5, 5.41) is 0. The van der Waals surface area contributed by atoms with Crippen LogP contribution in [0.4, 0.5) is 5.69 Å². The summed E-state index contributed by atoms with van der Waals surface area (Å²) in [6.45, 7) is 5.26. The molecule has 0 saturated heterocycles. The first kappa shape index (κ1) is 15.0. The number of anilines is 1. The van der Waals surface area contributed by atoms with Crippen molar-refractivity contribution in [3.05, 3.63) is 29.8 Å². The Bertz CT molecular complexity index is 447. The highest BCUT2D eigenvalue weighted by atomic mass is 16.2. The minimum atomic E-state index is -0.334. The van der Waals surface area contributed by atoms with Gasteiger partial charge in [-0.05, 0) is 38.8 Å². The van der Waals surface area contributed by atoms with Gasteiger partial charge in [0.25, 0.3) is 0 Å². The van der Waals surface area contributed by atoms with E-state index in [1.165, 1.54) is 12.0 Å². The molecule has 1 aromatic carbocycles. The van der Waals surface area contributed by atoms with Gasteiger partial charge in [0.1, 0.15) is 0 Å². The normalized spacial score (nSPS) is 17.8. The fourth-order valence-corrected chi connectivity index (χ4v) is 3.19. The number of nitrogens with zero attached hydrogens (tertiary/aromatic N) is 1. The standard InChI is InChI=1S/C17H26N2O/c1-3-19(15-9-7-14(2)8-10-15)16(20)17(13-18)11-5-4-6-12-17/h7-10H,3-6,11-13,18H2,1-2H3. The largest absolute Gasteiger partial charge is 0.329 e. The molecule has 0 aromatic heterocycles. The van der Waals surface area contributed by atoms with Gasteiger partial charge in [-0.15, -0.1) is 0 Å². The van der Waals surface area contributed by atoms with Gasteiger partial charge in [-0.1, -0.05) is 37.0 Å². The summed E-state index contributed by atoms with van der Waals surface area (Å²) in [4.78, 5) is 14.9. The maximum absolute atomic E-state index is 13.0. The Kier molecular flexibility index (Phi) is 4.81. The lowest BCUT2D eigenvalue weighted by atomic mass is 9.73. The second kappa shape index (κ2) is 6.40. The second-order valence-corrected chi connectivity index (χ2v) is 5.93. The Morgan fingerprint density at radius 3 is 2.30 bits per heavy atom. The van der Waals surface area contributed by atoms with E-state index in [9.17, 15) is 4.79 Å². The van der Waals surface area contributed by atoms with Crippen LogP contribution in [0.3, 0.4) is 0 Å². The van der Waals surface area contributed by atoms with E-state index >= 15 is 0 Å². The van der Waals surface area contributed by atoms with Crippen LogP contribution in [-0.4, -0.2) is 19.0 Å². The molecule has 1 aliphatic rings. The number of hydrogen-bond donors (Lipinski definition) is 1. The molecular weight excluding hydrogens is 248 g/mol. The molecule has 20 heavy (non-hydrogen) atoms. The van der Waals surface area contributed by atoms with Crippen LogP contribution in [0.1, 0.15) is 44.6 Å². The first-order chi connectivity index (χ1) is 9.63. The minimum Gasteiger partial charge on any atom is -0.329 e. The molecule has 1 aliphatic carbocycles. The van der Waals surface area contributed by atoms with Crippen molar-refractivity contribution in [1.82, 2.24) is 0 Å². The lowest BCUT2D eigenvalue weighted by Gasteiger charge is -2.38. The maximum Gasteiger partial charge on any atom is 0.234 e. The molecule has 3 heteroatoms. The van der Waals surface area contributed by atoms with Crippen molar-refractivity contribution in [1.29, 1.82) is 0 Å². The molecule has 2 N–H and O–H groups in total. The molecule has 0 bridgehead atoms. The summed E-state index contributed by atoms with van der Waals surface area (Å²) in [5.74, 6) is 0.214. The average Bonchev–Trinajstić information content (AvgIpc) is 2.50. The van der Waals surface area contributed by atoms with Crippen molar-refractivity contribution in [2.45, 2.75) is 46.0 Å². The van der Waals surface area contributed by atoms with Crippen molar-refractivity contribution in [3.8, 4) is 0 Å². The highest BCUT2D eigenvalue weighted by Crippen LogP contribution is 2.38. The molecule has 1 aromatic rings. The smallest absolute Gasteiger partial charge is 0.234 e. The predicted octanol–water partition coefficient (Wildman–Crippen LogP) is 3.26. The lowest BCUT2D eigenvalue weighted by molar-refractivity contribution is -0.129. The Morgan fingerprint density at radius 2 is 1.80 bits per heavy atom. The average molecular weight is 274 g/mol. The Labute approximate surface area is 122 Å². The van der Waals surface area contributed by atoms with Crippen molar-refractivity contribution >= 4 is 11.6 Å². The molecule has 1 saturated carbocycles. The summed E-state index contributed by atoms with van der Waals surface area (Å²) in [7, 11) is 0. The molecule has 1 amide bonds. The van der Waals surface area contributed by atoms with Crippen LogP contribution < -0.4 is 10.6 Å². The van der Waals surface area contributed by atoms with Crippen molar-refractivity contribution in [3.63, 3.8) is 0 Å². The summed E-state index contributed by atoms with van der Waals surface area (Å²) in [5.41, 5.74) is 7.85. The van der Waals surface area contributed by atoms with Crippen LogP contribution in [-0.2, 0) is 4.79 Å². The number of hydrogen-bond acceptors (Lipinski definition) is 2. The third kappa shape index (κ3) is 2.88. The number of nitrogens with two attached hydrogens (primary N) is 1. The van der Waals surface area contributed by atoms with Crippen molar-refractivity contribution < 1.29 is 4.79 Å². The van der Waals surface area contributed by atoms with E-state index in [1.807, 2.05) is 24.0 Å². The molecule has 3 nitrogen and oxygen atoms in total. The summed E-state index contributed by atoms with van der Waals surface area (Å²) in [6, 6.07) is 8.18.